The van der Waals surface area contributed by atoms with Gasteiger partial charge in [0, 0.05) is 12.7 Å². The van der Waals surface area contributed by atoms with E-state index in [1.165, 1.54) is 0 Å². The van der Waals surface area contributed by atoms with Crippen molar-refractivity contribution in [2.75, 3.05) is 20.3 Å². The highest BCUT2D eigenvalue weighted by molar-refractivity contribution is 5.78. The number of ether oxygens (including phenoxy) is 2. The first-order chi connectivity index (χ1) is 12.8. The molecule has 1 saturated heterocycles. The van der Waals surface area contributed by atoms with Gasteiger partial charge in [0.05, 0.1) is 13.2 Å². The van der Waals surface area contributed by atoms with Crippen molar-refractivity contribution < 1.29 is 14.3 Å². The number of likely N-dealkylation sites (tertiary alicyclic amines) is 1. The molecule has 134 valence electrons. The second-order valence-electron chi connectivity index (χ2n) is 6.17. The Balaban J connectivity index is 1.50. The van der Waals surface area contributed by atoms with Crippen LogP contribution in [0.2, 0.25) is 0 Å². The number of hydrogen-bond acceptors (Lipinski definition) is 5. The van der Waals surface area contributed by atoms with Gasteiger partial charge in [-0.05, 0) is 37.1 Å². The Morgan fingerprint density at radius 2 is 1.96 bits per heavy atom. The molecule has 0 saturated carbocycles. The fourth-order valence-electron chi connectivity index (χ4n) is 3.38. The largest absolute Gasteiger partial charge is 0.493 e. The van der Waals surface area contributed by atoms with Crippen LogP contribution in [0.5, 0.6) is 11.5 Å². The lowest BCUT2D eigenvalue weighted by Gasteiger charge is -2.23. The fraction of sp³-hybridized carbons (Fsp3) is 0.316. The quantitative estimate of drug-likeness (QED) is 0.706. The number of nitrogens with zero attached hydrogens (tertiary/aromatic N) is 4. The highest BCUT2D eigenvalue weighted by Gasteiger charge is 2.33. The van der Waals surface area contributed by atoms with Gasteiger partial charge in [-0.15, -0.1) is 10.2 Å². The van der Waals surface area contributed by atoms with Crippen LogP contribution < -0.4 is 9.47 Å². The van der Waals surface area contributed by atoms with Gasteiger partial charge in [0.25, 0.3) is 5.91 Å². The van der Waals surface area contributed by atoms with Crippen molar-refractivity contribution in [2.45, 2.75) is 18.9 Å². The smallest absolute Gasteiger partial charge is 0.261 e. The van der Waals surface area contributed by atoms with Gasteiger partial charge >= 0.3 is 0 Å². The Kier molecular flexibility index (Phi) is 4.43. The molecular weight excluding hydrogens is 332 g/mol. The maximum absolute atomic E-state index is 12.8. The summed E-state index contributed by atoms with van der Waals surface area (Å²) in [5.41, 5.74) is 0.784. The summed E-state index contributed by atoms with van der Waals surface area (Å²) in [6, 6.07) is 13.0. The van der Waals surface area contributed by atoms with E-state index in [0.29, 0.717) is 18.0 Å². The van der Waals surface area contributed by atoms with Crippen LogP contribution in [0.25, 0.3) is 5.65 Å². The zero-order valence-corrected chi connectivity index (χ0v) is 14.5. The van der Waals surface area contributed by atoms with E-state index in [9.17, 15) is 4.79 Å². The minimum atomic E-state index is -0.0823. The first-order valence-corrected chi connectivity index (χ1v) is 8.63. The molecule has 0 unspecified atom stereocenters. The van der Waals surface area contributed by atoms with Crippen molar-refractivity contribution in [3.63, 3.8) is 0 Å². The van der Waals surface area contributed by atoms with E-state index < -0.39 is 0 Å². The molecule has 1 fully saturated rings. The lowest BCUT2D eigenvalue weighted by atomic mass is 10.2. The topological polar surface area (TPSA) is 69.0 Å². The molecule has 1 amide bonds. The standard InChI is InChI=1S/C19H20N4O3/c1-25-15-8-2-3-9-16(15)26-13-18(24)22-12-6-7-14(22)19-21-20-17-10-4-5-11-23(17)19/h2-5,8-11,14H,6-7,12-13H2,1H3/t14-/m0/s1. The molecule has 0 radical (unpaired) electrons. The molecule has 1 aromatic carbocycles. The summed E-state index contributed by atoms with van der Waals surface area (Å²) >= 11 is 0. The van der Waals surface area contributed by atoms with Crippen LogP contribution in [-0.4, -0.2) is 45.7 Å². The van der Waals surface area contributed by atoms with Crippen molar-refractivity contribution in [3.8, 4) is 11.5 Å². The maximum atomic E-state index is 12.8. The average molecular weight is 352 g/mol. The predicted octanol–water partition coefficient (Wildman–Crippen LogP) is 2.48. The van der Waals surface area contributed by atoms with E-state index in [0.717, 1.165) is 24.3 Å². The molecule has 0 N–H and O–H groups in total. The Bertz CT molecular complexity index is 924. The molecule has 7 nitrogen and oxygen atoms in total. The molecule has 3 heterocycles. The first kappa shape index (κ1) is 16.4. The van der Waals surface area contributed by atoms with Crippen LogP contribution in [0.3, 0.4) is 0 Å². The second kappa shape index (κ2) is 7.03. The van der Waals surface area contributed by atoms with Gasteiger partial charge in [-0.2, -0.15) is 0 Å². The zero-order chi connectivity index (χ0) is 17.9. The molecule has 4 rings (SSSR count). The molecule has 1 aliphatic rings. The highest BCUT2D eigenvalue weighted by Crippen LogP contribution is 2.31. The van der Waals surface area contributed by atoms with Gasteiger partial charge in [-0.25, -0.2) is 0 Å². The maximum Gasteiger partial charge on any atom is 0.261 e. The molecule has 3 aromatic rings. The molecule has 1 atom stereocenters. The SMILES string of the molecule is COc1ccccc1OCC(=O)N1CCC[C@H]1c1nnc2ccccn12. The second-order valence-corrected chi connectivity index (χ2v) is 6.17. The van der Waals surface area contributed by atoms with Crippen molar-refractivity contribution in [1.29, 1.82) is 0 Å². The summed E-state index contributed by atoms with van der Waals surface area (Å²) in [5.74, 6) is 1.91. The summed E-state index contributed by atoms with van der Waals surface area (Å²) in [6.45, 7) is 0.661. The summed E-state index contributed by atoms with van der Waals surface area (Å²) in [6.07, 6.45) is 3.74. The first-order valence-electron chi connectivity index (χ1n) is 8.63. The summed E-state index contributed by atoms with van der Waals surface area (Å²) < 4.78 is 12.9. The van der Waals surface area contributed by atoms with E-state index in [2.05, 4.69) is 10.2 Å². The van der Waals surface area contributed by atoms with E-state index in [4.69, 9.17) is 9.47 Å². The minimum absolute atomic E-state index is 0.0341. The van der Waals surface area contributed by atoms with E-state index >= 15 is 0 Å². The zero-order valence-electron chi connectivity index (χ0n) is 14.5. The fourth-order valence-corrected chi connectivity index (χ4v) is 3.38. The van der Waals surface area contributed by atoms with Crippen molar-refractivity contribution in [3.05, 3.63) is 54.5 Å². The molecule has 1 aliphatic heterocycles. The number of fused-ring (bicyclic) bond motifs is 1. The number of carbonyl (C=O) groups is 1. The number of amides is 1. The normalized spacial score (nSPS) is 16.8. The Labute approximate surface area is 151 Å². The van der Waals surface area contributed by atoms with Crippen LogP contribution in [-0.2, 0) is 4.79 Å². The number of carbonyl (C=O) groups excluding carboxylic acids is 1. The Hall–Kier alpha value is -3.09. The summed E-state index contributed by atoms with van der Waals surface area (Å²) in [5, 5.41) is 8.51. The Morgan fingerprint density at radius 3 is 2.81 bits per heavy atom. The molecule has 26 heavy (non-hydrogen) atoms. The third kappa shape index (κ3) is 2.96. The number of methoxy groups -OCH3 is 1. The van der Waals surface area contributed by atoms with Crippen LogP contribution in [0.15, 0.2) is 48.7 Å². The van der Waals surface area contributed by atoms with Crippen molar-refractivity contribution in [2.24, 2.45) is 0 Å². The van der Waals surface area contributed by atoms with Gasteiger partial charge in [0.15, 0.2) is 29.6 Å². The van der Waals surface area contributed by atoms with Crippen molar-refractivity contribution >= 4 is 11.6 Å². The lowest BCUT2D eigenvalue weighted by molar-refractivity contribution is -0.134. The molecule has 0 bridgehead atoms. The molecular formula is C19H20N4O3. The number of benzene rings is 1. The molecule has 0 aliphatic carbocycles. The third-order valence-corrected chi connectivity index (χ3v) is 4.63. The van der Waals surface area contributed by atoms with Crippen LogP contribution in [0.1, 0.15) is 24.7 Å². The molecule has 0 spiro atoms. The van der Waals surface area contributed by atoms with Crippen molar-refractivity contribution in [1.82, 2.24) is 19.5 Å². The highest BCUT2D eigenvalue weighted by atomic mass is 16.5. The van der Waals surface area contributed by atoms with E-state index in [-0.39, 0.29) is 18.6 Å². The van der Waals surface area contributed by atoms with Gasteiger partial charge in [-0.1, -0.05) is 18.2 Å². The van der Waals surface area contributed by atoms with E-state index in [1.807, 2.05) is 45.8 Å². The minimum Gasteiger partial charge on any atom is -0.493 e. The summed E-state index contributed by atoms with van der Waals surface area (Å²) in [7, 11) is 1.58. The number of hydrogen-bond donors (Lipinski definition) is 0. The monoisotopic (exact) mass is 352 g/mol. The Morgan fingerprint density at radius 1 is 1.15 bits per heavy atom. The van der Waals surface area contributed by atoms with Gasteiger partial charge in [0.2, 0.25) is 0 Å². The lowest BCUT2D eigenvalue weighted by Crippen LogP contribution is -2.35. The number of aromatic nitrogens is 3. The van der Waals surface area contributed by atoms with Crippen LogP contribution >= 0.6 is 0 Å². The van der Waals surface area contributed by atoms with E-state index in [1.54, 1.807) is 19.2 Å². The van der Waals surface area contributed by atoms with Gasteiger partial charge in [0.1, 0.15) is 0 Å². The molecule has 7 heteroatoms. The van der Waals surface area contributed by atoms with Gasteiger partial charge < -0.3 is 14.4 Å². The number of rotatable bonds is 5. The molecule has 2 aromatic heterocycles. The number of para-hydroxylation sites is 2. The van der Waals surface area contributed by atoms with Crippen LogP contribution in [0.4, 0.5) is 0 Å². The van der Waals surface area contributed by atoms with Gasteiger partial charge in [-0.3, -0.25) is 9.20 Å². The number of pyridine rings is 1. The van der Waals surface area contributed by atoms with Crippen LogP contribution in [0, 0.1) is 0 Å². The summed E-state index contributed by atoms with van der Waals surface area (Å²) in [4.78, 5) is 14.6. The predicted molar refractivity (Wildman–Crippen MR) is 95.2 cm³/mol. The average Bonchev–Trinajstić information content (AvgIpc) is 3.32. The third-order valence-electron chi connectivity index (χ3n) is 4.63.